The highest BCUT2D eigenvalue weighted by Crippen LogP contribution is 2.39. The number of hydrogen-bond donors (Lipinski definition) is 1. The maximum absolute atomic E-state index is 14.9. The zero-order valence-corrected chi connectivity index (χ0v) is 16.1. The number of halogens is 1. The first kappa shape index (κ1) is 17.7. The van der Waals surface area contributed by atoms with Gasteiger partial charge in [-0.3, -0.25) is 9.48 Å². The molecule has 0 saturated heterocycles. The van der Waals surface area contributed by atoms with Crippen molar-refractivity contribution in [2.45, 2.75) is 25.9 Å². The largest absolute Gasteiger partial charge is 0.356 e. The van der Waals surface area contributed by atoms with Crippen LogP contribution in [0.4, 0.5) is 4.39 Å². The molecule has 1 N–H and O–H groups in total. The zero-order chi connectivity index (χ0) is 20.0. The molecular weight excluding hydrogens is 367 g/mol. The second-order valence-corrected chi connectivity index (χ2v) is 7.32. The predicted molar refractivity (Wildman–Crippen MR) is 109 cm³/mol. The standard InChI is InChI=1S/C23H21FN4O/c1-2-27-14-15(13-25-27)23(29)28-12-11-17-16-7-4-6-10-20(16)26-21(17)22(28)18-8-3-5-9-19(18)24/h3-10,13-14,22,26H,2,11-12H2,1H3/t22-/m0/s1. The molecular formula is C23H21FN4O. The highest BCUT2D eigenvalue weighted by molar-refractivity contribution is 5.95. The molecule has 146 valence electrons. The van der Waals surface area contributed by atoms with Crippen LogP contribution < -0.4 is 0 Å². The van der Waals surface area contributed by atoms with Gasteiger partial charge in [-0.25, -0.2) is 4.39 Å². The first-order valence-electron chi connectivity index (χ1n) is 9.84. The van der Waals surface area contributed by atoms with E-state index in [9.17, 15) is 9.18 Å². The van der Waals surface area contributed by atoms with Crippen molar-refractivity contribution < 1.29 is 9.18 Å². The van der Waals surface area contributed by atoms with Crippen molar-refractivity contribution in [3.8, 4) is 0 Å². The van der Waals surface area contributed by atoms with Crippen LogP contribution in [0, 0.1) is 5.82 Å². The fourth-order valence-electron chi connectivity index (χ4n) is 4.29. The van der Waals surface area contributed by atoms with E-state index < -0.39 is 6.04 Å². The molecule has 1 atom stereocenters. The van der Waals surface area contributed by atoms with Crippen LogP contribution in [0.15, 0.2) is 60.9 Å². The van der Waals surface area contributed by atoms with E-state index in [2.05, 4.69) is 16.1 Å². The van der Waals surface area contributed by atoms with Crippen molar-refractivity contribution in [1.82, 2.24) is 19.7 Å². The minimum atomic E-state index is -0.509. The number of benzene rings is 2. The molecule has 2 aromatic heterocycles. The van der Waals surface area contributed by atoms with E-state index in [1.54, 1.807) is 34.1 Å². The van der Waals surface area contributed by atoms with Gasteiger partial charge in [0.25, 0.3) is 5.91 Å². The van der Waals surface area contributed by atoms with Gasteiger partial charge >= 0.3 is 0 Å². The molecule has 1 aliphatic heterocycles. The minimum Gasteiger partial charge on any atom is -0.356 e. The van der Waals surface area contributed by atoms with Gasteiger partial charge < -0.3 is 9.88 Å². The predicted octanol–water partition coefficient (Wildman–Crippen LogP) is 4.31. The number of nitrogens with zero attached hydrogens (tertiary/aromatic N) is 3. The summed E-state index contributed by atoms with van der Waals surface area (Å²) in [7, 11) is 0. The summed E-state index contributed by atoms with van der Waals surface area (Å²) in [5.41, 5.74) is 4.07. The third-order valence-corrected chi connectivity index (χ3v) is 5.70. The number of aromatic nitrogens is 3. The molecule has 29 heavy (non-hydrogen) atoms. The molecule has 6 heteroatoms. The Balaban J connectivity index is 1.67. The van der Waals surface area contributed by atoms with Crippen molar-refractivity contribution in [3.63, 3.8) is 0 Å². The summed E-state index contributed by atoms with van der Waals surface area (Å²) in [5.74, 6) is -0.451. The third-order valence-electron chi connectivity index (χ3n) is 5.70. The van der Waals surface area contributed by atoms with Gasteiger partial charge in [0.15, 0.2) is 0 Å². The van der Waals surface area contributed by atoms with Crippen molar-refractivity contribution in [1.29, 1.82) is 0 Å². The van der Waals surface area contributed by atoms with Crippen LogP contribution in [-0.4, -0.2) is 32.1 Å². The molecule has 0 aliphatic carbocycles. The Morgan fingerprint density at radius 2 is 2.00 bits per heavy atom. The Kier molecular flexibility index (Phi) is 4.19. The first-order chi connectivity index (χ1) is 14.2. The lowest BCUT2D eigenvalue weighted by Crippen LogP contribution is -2.40. The number of carbonyl (C=O) groups is 1. The van der Waals surface area contributed by atoms with Crippen LogP contribution in [0.5, 0.6) is 0 Å². The zero-order valence-electron chi connectivity index (χ0n) is 16.1. The van der Waals surface area contributed by atoms with Gasteiger partial charge in [-0.15, -0.1) is 0 Å². The number of aryl methyl sites for hydroxylation is 1. The van der Waals surface area contributed by atoms with Crippen LogP contribution in [0.25, 0.3) is 10.9 Å². The fourth-order valence-corrected chi connectivity index (χ4v) is 4.29. The van der Waals surface area contributed by atoms with Crippen molar-refractivity contribution in [3.05, 3.63) is 89.1 Å². The van der Waals surface area contributed by atoms with E-state index in [1.807, 2.05) is 31.2 Å². The lowest BCUT2D eigenvalue weighted by molar-refractivity contribution is 0.0689. The number of amides is 1. The summed E-state index contributed by atoms with van der Waals surface area (Å²) in [4.78, 5) is 18.6. The number of hydrogen-bond acceptors (Lipinski definition) is 2. The average Bonchev–Trinajstić information content (AvgIpc) is 3.38. The van der Waals surface area contributed by atoms with Crippen molar-refractivity contribution >= 4 is 16.8 Å². The molecule has 5 rings (SSSR count). The maximum Gasteiger partial charge on any atom is 0.257 e. The number of para-hydroxylation sites is 1. The highest BCUT2D eigenvalue weighted by Gasteiger charge is 2.36. The Morgan fingerprint density at radius 1 is 1.21 bits per heavy atom. The van der Waals surface area contributed by atoms with E-state index in [1.165, 1.54) is 6.07 Å². The molecule has 0 saturated carbocycles. The van der Waals surface area contributed by atoms with Gasteiger partial charge in [-0.2, -0.15) is 5.10 Å². The fraction of sp³-hybridized carbons (Fsp3) is 0.217. The van der Waals surface area contributed by atoms with Crippen LogP contribution in [0.3, 0.4) is 0 Å². The molecule has 0 fully saturated rings. The maximum atomic E-state index is 14.9. The Morgan fingerprint density at radius 3 is 2.79 bits per heavy atom. The second kappa shape index (κ2) is 6.88. The van der Waals surface area contributed by atoms with Gasteiger partial charge in [0.05, 0.1) is 11.8 Å². The van der Waals surface area contributed by atoms with Crippen molar-refractivity contribution in [2.75, 3.05) is 6.54 Å². The van der Waals surface area contributed by atoms with E-state index in [4.69, 9.17) is 0 Å². The lowest BCUT2D eigenvalue weighted by atomic mass is 9.91. The topological polar surface area (TPSA) is 53.9 Å². The number of aromatic amines is 1. The highest BCUT2D eigenvalue weighted by atomic mass is 19.1. The quantitative estimate of drug-likeness (QED) is 0.569. The number of rotatable bonds is 3. The monoisotopic (exact) mass is 388 g/mol. The molecule has 0 unspecified atom stereocenters. The van der Waals surface area contributed by atoms with E-state index >= 15 is 0 Å². The summed E-state index contributed by atoms with van der Waals surface area (Å²) in [5, 5.41) is 5.37. The van der Waals surface area contributed by atoms with Gasteiger partial charge in [-0.1, -0.05) is 36.4 Å². The average molecular weight is 388 g/mol. The number of fused-ring (bicyclic) bond motifs is 3. The Bertz CT molecular complexity index is 1210. The second-order valence-electron chi connectivity index (χ2n) is 7.32. The van der Waals surface area contributed by atoms with Gasteiger partial charge in [-0.05, 0) is 31.0 Å². The normalized spacial score (nSPS) is 16.2. The van der Waals surface area contributed by atoms with Gasteiger partial charge in [0.2, 0.25) is 0 Å². The van der Waals surface area contributed by atoms with Crippen molar-refractivity contribution in [2.24, 2.45) is 0 Å². The lowest BCUT2D eigenvalue weighted by Gasteiger charge is -2.36. The molecule has 4 aromatic rings. The third kappa shape index (κ3) is 2.83. The Labute approximate surface area is 167 Å². The molecule has 3 heterocycles. The van der Waals surface area contributed by atoms with Crippen LogP contribution in [0.1, 0.15) is 40.1 Å². The van der Waals surface area contributed by atoms with Crippen LogP contribution in [0.2, 0.25) is 0 Å². The van der Waals surface area contributed by atoms with E-state index in [0.717, 1.165) is 28.6 Å². The number of carbonyl (C=O) groups excluding carboxylic acids is 1. The minimum absolute atomic E-state index is 0.137. The SMILES string of the molecule is CCn1cc(C(=O)N2CCc3c([nH]c4ccccc34)[C@@H]2c2ccccc2F)cn1. The van der Waals surface area contributed by atoms with Gasteiger partial charge in [0.1, 0.15) is 11.9 Å². The molecule has 5 nitrogen and oxygen atoms in total. The van der Waals surface area contributed by atoms with Gasteiger partial charge in [0, 0.05) is 41.4 Å². The van der Waals surface area contributed by atoms with E-state index in [0.29, 0.717) is 24.2 Å². The summed E-state index contributed by atoms with van der Waals surface area (Å²) < 4.78 is 16.6. The van der Waals surface area contributed by atoms with E-state index in [-0.39, 0.29) is 11.7 Å². The van der Waals surface area contributed by atoms with Crippen LogP contribution >= 0.6 is 0 Å². The summed E-state index contributed by atoms with van der Waals surface area (Å²) >= 11 is 0. The molecule has 0 spiro atoms. The smallest absolute Gasteiger partial charge is 0.257 e. The summed E-state index contributed by atoms with van der Waals surface area (Å²) in [6, 6.07) is 14.3. The molecule has 0 radical (unpaired) electrons. The Hall–Kier alpha value is -3.41. The summed E-state index contributed by atoms with van der Waals surface area (Å²) in [6.07, 6.45) is 4.06. The number of nitrogens with one attached hydrogen (secondary N) is 1. The first-order valence-corrected chi connectivity index (χ1v) is 9.84. The molecule has 2 aromatic carbocycles. The molecule has 1 amide bonds. The summed E-state index contributed by atoms with van der Waals surface area (Å²) in [6.45, 7) is 3.18. The molecule has 0 bridgehead atoms. The van der Waals surface area contributed by atoms with Crippen LogP contribution in [-0.2, 0) is 13.0 Å². The molecule has 1 aliphatic rings. The number of H-pyrrole nitrogens is 1.